The third-order valence-corrected chi connectivity index (χ3v) is 6.77. The molecule has 6 nitrogen and oxygen atoms in total. The molecule has 1 saturated heterocycles. The van der Waals surface area contributed by atoms with Gasteiger partial charge in [-0.1, -0.05) is 6.07 Å². The lowest BCUT2D eigenvalue weighted by Gasteiger charge is -2.41. The maximum absolute atomic E-state index is 13.8. The SMILES string of the molecule is Cc1cc2n(n1)[C@@H](C(F)F)C[C@@H]([C@@H]1CCCN(C(=O)[C@@H](C)Oc3ccc(C)c(C)c3)C1)N2. The average molecular weight is 447 g/mol. The van der Waals surface area contributed by atoms with Crippen molar-refractivity contribution in [2.45, 2.75) is 71.6 Å². The summed E-state index contributed by atoms with van der Waals surface area (Å²) >= 11 is 0. The van der Waals surface area contributed by atoms with Crippen molar-refractivity contribution in [3.05, 3.63) is 41.1 Å². The van der Waals surface area contributed by atoms with Gasteiger partial charge < -0.3 is 15.0 Å². The summed E-state index contributed by atoms with van der Waals surface area (Å²) in [5, 5.41) is 7.65. The Morgan fingerprint density at radius 1 is 1.22 bits per heavy atom. The van der Waals surface area contributed by atoms with Gasteiger partial charge in [0.1, 0.15) is 17.6 Å². The van der Waals surface area contributed by atoms with E-state index in [-0.39, 0.29) is 17.9 Å². The number of amides is 1. The normalized spacial score (nSPS) is 24.1. The molecule has 32 heavy (non-hydrogen) atoms. The summed E-state index contributed by atoms with van der Waals surface area (Å²) in [6, 6.07) is 6.56. The summed E-state index contributed by atoms with van der Waals surface area (Å²) in [4.78, 5) is 14.9. The molecule has 0 saturated carbocycles. The van der Waals surface area contributed by atoms with Crippen LogP contribution < -0.4 is 10.1 Å². The second kappa shape index (κ2) is 9.08. The molecule has 1 fully saturated rings. The fourth-order valence-electron chi connectivity index (χ4n) is 4.84. The number of carbonyl (C=O) groups is 1. The molecule has 4 atom stereocenters. The molecular weight excluding hydrogens is 414 g/mol. The number of hydrogen-bond acceptors (Lipinski definition) is 4. The second-order valence-corrected chi connectivity index (χ2v) is 9.20. The molecule has 1 aromatic carbocycles. The van der Waals surface area contributed by atoms with Gasteiger partial charge in [-0.2, -0.15) is 5.10 Å². The number of ether oxygens (including phenoxy) is 1. The van der Waals surface area contributed by atoms with Crippen molar-refractivity contribution < 1.29 is 18.3 Å². The number of halogens is 2. The summed E-state index contributed by atoms with van der Waals surface area (Å²) in [6.07, 6.45) is -1.04. The number of nitrogens with zero attached hydrogens (tertiary/aromatic N) is 3. The Bertz CT molecular complexity index is 977. The van der Waals surface area contributed by atoms with Crippen molar-refractivity contribution in [3.8, 4) is 5.75 Å². The molecule has 0 unspecified atom stereocenters. The molecule has 0 bridgehead atoms. The molecule has 3 heterocycles. The van der Waals surface area contributed by atoms with Crippen LogP contribution in [0.25, 0.3) is 0 Å². The van der Waals surface area contributed by atoms with Crippen molar-refractivity contribution in [3.63, 3.8) is 0 Å². The number of aromatic nitrogens is 2. The number of benzene rings is 1. The van der Waals surface area contributed by atoms with Crippen LogP contribution in [-0.4, -0.2) is 52.2 Å². The molecule has 8 heteroatoms. The maximum Gasteiger partial charge on any atom is 0.263 e. The molecule has 1 amide bonds. The molecular formula is C24H32F2N4O2. The Morgan fingerprint density at radius 3 is 2.72 bits per heavy atom. The van der Waals surface area contributed by atoms with Crippen LogP contribution in [0.2, 0.25) is 0 Å². The standard InChI is InChI=1S/C24H32F2N4O2/c1-14-7-8-19(10-15(14)2)32-17(4)24(31)29-9-5-6-18(13-29)20-12-21(23(25)26)30-22(27-20)11-16(3)28-30/h7-8,10-11,17-18,20-21,23,27H,5-6,9,12-13H2,1-4H3/t17-,18-,20+,21-/m1/s1. The van der Waals surface area contributed by atoms with Crippen LogP contribution in [0.4, 0.5) is 14.6 Å². The van der Waals surface area contributed by atoms with Crippen molar-refractivity contribution in [1.82, 2.24) is 14.7 Å². The fraction of sp³-hybridized carbons (Fsp3) is 0.583. The van der Waals surface area contributed by atoms with Gasteiger partial charge in [0.05, 0.1) is 5.69 Å². The highest BCUT2D eigenvalue weighted by molar-refractivity contribution is 5.81. The van der Waals surface area contributed by atoms with Gasteiger partial charge in [-0.3, -0.25) is 4.79 Å². The number of aryl methyl sites for hydroxylation is 3. The number of hydrogen-bond donors (Lipinski definition) is 1. The van der Waals surface area contributed by atoms with Gasteiger partial charge >= 0.3 is 0 Å². The molecule has 4 rings (SSSR count). The predicted molar refractivity (Wildman–Crippen MR) is 119 cm³/mol. The smallest absolute Gasteiger partial charge is 0.263 e. The number of likely N-dealkylation sites (tertiary alicyclic amines) is 1. The van der Waals surface area contributed by atoms with Crippen LogP contribution in [0.15, 0.2) is 24.3 Å². The Kier molecular flexibility index (Phi) is 6.40. The van der Waals surface area contributed by atoms with Crippen LogP contribution >= 0.6 is 0 Å². The number of rotatable bonds is 5. The van der Waals surface area contributed by atoms with E-state index in [1.807, 2.05) is 49.9 Å². The minimum atomic E-state index is -2.48. The van der Waals surface area contributed by atoms with Gasteiger partial charge in [-0.15, -0.1) is 0 Å². The lowest BCUT2D eigenvalue weighted by molar-refractivity contribution is -0.140. The molecule has 2 aromatic rings. The molecule has 2 aliphatic rings. The number of alkyl halides is 2. The topological polar surface area (TPSA) is 59.4 Å². The van der Waals surface area contributed by atoms with Gasteiger partial charge in [-0.25, -0.2) is 13.5 Å². The Labute approximate surface area is 187 Å². The maximum atomic E-state index is 13.8. The second-order valence-electron chi connectivity index (χ2n) is 9.20. The average Bonchev–Trinajstić information content (AvgIpc) is 3.15. The first kappa shape index (κ1) is 22.6. The summed E-state index contributed by atoms with van der Waals surface area (Å²) in [7, 11) is 0. The van der Waals surface area contributed by atoms with Crippen molar-refractivity contribution in [2.75, 3.05) is 18.4 Å². The Morgan fingerprint density at radius 2 is 2.00 bits per heavy atom. The molecule has 1 N–H and O–H groups in total. The molecule has 0 aliphatic carbocycles. The summed E-state index contributed by atoms with van der Waals surface area (Å²) in [6.45, 7) is 8.84. The first-order chi connectivity index (χ1) is 15.2. The number of nitrogens with one attached hydrogen (secondary N) is 1. The van der Waals surface area contributed by atoms with E-state index in [0.29, 0.717) is 31.1 Å². The van der Waals surface area contributed by atoms with Crippen LogP contribution in [0.1, 0.15) is 49.0 Å². The van der Waals surface area contributed by atoms with Gasteiger partial charge in [0.25, 0.3) is 12.3 Å². The molecule has 174 valence electrons. The number of fused-ring (bicyclic) bond motifs is 1. The van der Waals surface area contributed by atoms with E-state index in [4.69, 9.17) is 4.74 Å². The highest BCUT2D eigenvalue weighted by atomic mass is 19.3. The van der Waals surface area contributed by atoms with Gasteiger partial charge in [0, 0.05) is 25.2 Å². The van der Waals surface area contributed by atoms with E-state index >= 15 is 0 Å². The third kappa shape index (κ3) is 4.59. The largest absolute Gasteiger partial charge is 0.481 e. The van der Waals surface area contributed by atoms with E-state index in [1.54, 1.807) is 6.92 Å². The first-order valence-corrected chi connectivity index (χ1v) is 11.4. The van der Waals surface area contributed by atoms with E-state index in [1.165, 1.54) is 10.2 Å². The zero-order chi connectivity index (χ0) is 23.0. The van der Waals surface area contributed by atoms with Gasteiger partial charge in [0.2, 0.25) is 0 Å². The van der Waals surface area contributed by atoms with Gasteiger partial charge in [-0.05, 0) is 76.1 Å². The zero-order valence-electron chi connectivity index (χ0n) is 19.1. The van der Waals surface area contributed by atoms with E-state index in [2.05, 4.69) is 10.4 Å². The molecule has 0 spiro atoms. The van der Waals surface area contributed by atoms with Crippen LogP contribution in [0.3, 0.4) is 0 Å². The summed E-state index contributed by atoms with van der Waals surface area (Å²) in [5.41, 5.74) is 3.01. The minimum Gasteiger partial charge on any atom is -0.481 e. The predicted octanol–water partition coefficient (Wildman–Crippen LogP) is 4.50. The van der Waals surface area contributed by atoms with Crippen LogP contribution in [0, 0.1) is 26.7 Å². The monoisotopic (exact) mass is 446 g/mol. The van der Waals surface area contributed by atoms with Crippen molar-refractivity contribution in [1.29, 1.82) is 0 Å². The number of carbonyl (C=O) groups excluding carboxylic acids is 1. The van der Waals surface area contributed by atoms with E-state index in [0.717, 1.165) is 24.1 Å². The molecule has 1 aromatic heterocycles. The number of piperidine rings is 1. The van der Waals surface area contributed by atoms with Gasteiger partial charge in [0.15, 0.2) is 6.10 Å². The highest BCUT2D eigenvalue weighted by Crippen LogP contribution is 2.36. The first-order valence-electron chi connectivity index (χ1n) is 11.4. The zero-order valence-corrected chi connectivity index (χ0v) is 19.1. The highest BCUT2D eigenvalue weighted by Gasteiger charge is 2.39. The van der Waals surface area contributed by atoms with Crippen LogP contribution in [-0.2, 0) is 4.79 Å². The minimum absolute atomic E-state index is 0.0602. The quantitative estimate of drug-likeness (QED) is 0.735. The summed E-state index contributed by atoms with van der Waals surface area (Å²) in [5.74, 6) is 1.36. The van der Waals surface area contributed by atoms with E-state index in [9.17, 15) is 13.6 Å². The lowest BCUT2D eigenvalue weighted by atomic mass is 9.86. The fourth-order valence-corrected chi connectivity index (χ4v) is 4.84. The molecule has 0 radical (unpaired) electrons. The van der Waals surface area contributed by atoms with Crippen LogP contribution in [0.5, 0.6) is 5.75 Å². The Hall–Kier alpha value is -2.64. The third-order valence-electron chi connectivity index (χ3n) is 6.77. The molecule has 2 aliphatic heterocycles. The van der Waals surface area contributed by atoms with Crippen molar-refractivity contribution >= 4 is 11.7 Å². The number of anilines is 1. The lowest BCUT2D eigenvalue weighted by Crippen LogP contribution is -2.50. The Balaban J connectivity index is 1.42. The van der Waals surface area contributed by atoms with Crippen molar-refractivity contribution in [2.24, 2.45) is 5.92 Å². The van der Waals surface area contributed by atoms with E-state index < -0.39 is 18.6 Å². The summed E-state index contributed by atoms with van der Waals surface area (Å²) < 4.78 is 34.8.